The lowest BCUT2D eigenvalue weighted by molar-refractivity contribution is 0.240. The van der Waals surface area contributed by atoms with Crippen LogP contribution in [0, 0.1) is 6.92 Å². The number of pyridine rings is 1. The first kappa shape index (κ1) is 20.8. The maximum absolute atomic E-state index is 11.7. The Balaban J connectivity index is 0.000000224. The number of hydrogen-bond acceptors (Lipinski definition) is 5. The third kappa shape index (κ3) is 5.34. The molecular formula is C21H21ClN4O2S. The highest BCUT2D eigenvalue weighted by Gasteiger charge is 2.29. The summed E-state index contributed by atoms with van der Waals surface area (Å²) < 4.78 is 4.97. The maximum Gasteiger partial charge on any atom is 0.319 e. The van der Waals surface area contributed by atoms with Crippen LogP contribution in [0.4, 0.5) is 4.79 Å². The molecule has 0 spiro atoms. The fraction of sp³-hybridized carbons (Fsp3) is 0.190. The van der Waals surface area contributed by atoms with Gasteiger partial charge in [0.15, 0.2) is 0 Å². The number of allylic oxidation sites excluding steroid dienone is 1. The molecule has 2 aromatic heterocycles. The predicted molar refractivity (Wildman–Crippen MR) is 116 cm³/mol. The minimum Gasteiger partial charge on any atom is -0.497 e. The highest BCUT2D eigenvalue weighted by atomic mass is 35.5. The number of carbonyl (C=O) groups excluding carboxylic acids is 1. The molecule has 29 heavy (non-hydrogen) atoms. The van der Waals surface area contributed by atoms with Crippen LogP contribution in [0.1, 0.15) is 29.1 Å². The topological polar surface area (TPSA) is 76.1 Å². The lowest BCUT2D eigenvalue weighted by atomic mass is 9.97. The number of nitrogens with one attached hydrogen (secondary N) is 2. The molecule has 0 fully saturated rings. The van der Waals surface area contributed by atoms with Crippen LogP contribution < -0.4 is 15.4 Å². The molecule has 1 unspecified atom stereocenters. The average molecular weight is 429 g/mol. The Kier molecular flexibility index (Phi) is 6.85. The van der Waals surface area contributed by atoms with Crippen LogP contribution in [-0.2, 0) is 0 Å². The number of carbonyl (C=O) groups is 1. The zero-order valence-corrected chi connectivity index (χ0v) is 17.8. The molecule has 4 rings (SSSR count). The van der Waals surface area contributed by atoms with Crippen molar-refractivity contribution in [2.24, 2.45) is 0 Å². The number of aromatic nitrogens is 2. The zero-order chi connectivity index (χ0) is 20.8. The third-order valence-corrected chi connectivity index (χ3v) is 5.30. The molecule has 0 radical (unpaired) electrons. The number of hydrogen-bond donors (Lipinski definition) is 2. The molecule has 2 N–H and O–H groups in total. The van der Waals surface area contributed by atoms with Crippen LogP contribution in [0.5, 0.6) is 5.75 Å². The summed E-state index contributed by atoms with van der Waals surface area (Å²) in [7, 11) is 1.67. The van der Waals surface area contributed by atoms with Gasteiger partial charge in [0.1, 0.15) is 15.9 Å². The Morgan fingerprint density at radius 3 is 2.45 bits per heavy atom. The first-order valence-corrected chi connectivity index (χ1v) is 10.1. The molecule has 0 saturated heterocycles. The van der Waals surface area contributed by atoms with Gasteiger partial charge in [-0.05, 0) is 37.6 Å². The molecule has 1 aromatic carbocycles. The summed E-state index contributed by atoms with van der Waals surface area (Å²) in [5, 5.41) is 8.87. The number of thiazole rings is 1. The lowest BCUT2D eigenvalue weighted by Gasteiger charge is -2.28. The molecule has 150 valence electrons. The summed E-state index contributed by atoms with van der Waals surface area (Å²) in [6.07, 6.45) is 3.41. The lowest BCUT2D eigenvalue weighted by Crippen LogP contribution is -2.42. The predicted octanol–water partition coefficient (Wildman–Crippen LogP) is 4.98. The van der Waals surface area contributed by atoms with Crippen molar-refractivity contribution in [1.29, 1.82) is 0 Å². The van der Waals surface area contributed by atoms with E-state index in [1.165, 1.54) is 16.9 Å². The normalized spacial score (nSPS) is 15.7. The van der Waals surface area contributed by atoms with Crippen LogP contribution >= 0.6 is 22.9 Å². The monoisotopic (exact) mass is 428 g/mol. The van der Waals surface area contributed by atoms with E-state index in [0.717, 1.165) is 27.6 Å². The van der Waals surface area contributed by atoms with E-state index in [9.17, 15) is 4.79 Å². The second kappa shape index (κ2) is 9.54. The number of amides is 2. The van der Waals surface area contributed by atoms with Crippen molar-refractivity contribution in [3.63, 3.8) is 0 Å². The Hall–Kier alpha value is -2.90. The van der Waals surface area contributed by atoms with Crippen molar-refractivity contribution in [1.82, 2.24) is 20.6 Å². The molecule has 0 bridgehead atoms. The van der Waals surface area contributed by atoms with Crippen molar-refractivity contribution >= 4 is 34.5 Å². The van der Waals surface area contributed by atoms with Gasteiger partial charge in [0.05, 0.1) is 13.2 Å². The Bertz CT molecular complexity index is 987. The molecule has 2 amide bonds. The van der Waals surface area contributed by atoms with Gasteiger partial charge in [-0.3, -0.25) is 0 Å². The van der Waals surface area contributed by atoms with Crippen LogP contribution in [0.3, 0.4) is 0 Å². The highest BCUT2D eigenvalue weighted by molar-refractivity contribution is 7.10. The summed E-state index contributed by atoms with van der Waals surface area (Å²) in [6.45, 7) is 3.92. The summed E-state index contributed by atoms with van der Waals surface area (Å²) in [6, 6.07) is 11.0. The molecule has 1 aliphatic heterocycles. The number of rotatable bonds is 3. The molecule has 3 aromatic rings. The summed E-state index contributed by atoms with van der Waals surface area (Å²) in [4.78, 5) is 20.1. The highest BCUT2D eigenvalue weighted by Crippen LogP contribution is 2.35. The molecule has 0 saturated carbocycles. The van der Waals surface area contributed by atoms with Crippen LogP contribution in [0.2, 0.25) is 5.15 Å². The van der Waals surface area contributed by atoms with Crippen molar-refractivity contribution in [2.75, 3.05) is 7.11 Å². The Labute approximate surface area is 178 Å². The van der Waals surface area contributed by atoms with Gasteiger partial charge < -0.3 is 15.4 Å². The Morgan fingerprint density at radius 2 is 1.86 bits per heavy atom. The van der Waals surface area contributed by atoms with Crippen molar-refractivity contribution < 1.29 is 9.53 Å². The maximum atomic E-state index is 11.7. The van der Waals surface area contributed by atoms with Crippen LogP contribution in [-0.4, -0.2) is 23.1 Å². The number of aryl methyl sites for hydroxylation is 1. The molecule has 0 aliphatic carbocycles. The van der Waals surface area contributed by atoms with Crippen LogP contribution in [0.15, 0.2) is 59.9 Å². The smallest absolute Gasteiger partial charge is 0.319 e. The molecule has 3 heterocycles. The molecule has 1 atom stereocenters. The van der Waals surface area contributed by atoms with E-state index in [0.29, 0.717) is 5.15 Å². The van der Waals surface area contributed by atoms with Gasteiger partial charge >= 0.3 is 6.03 Å². The molecule has 1 aliphatic rings. The first-order chi connectivity index (χ1) is 14.0. The molecular weight excluding hydrogens is 408 g/mol. The van der Waals surface area contributed by atoms with Crippen molar-refractivity contribution in [3.8, 4) is 5.75 Å². The molecule has 8 heteroatoms. The van der Waals surface area contributed by atoms with E-state index in [-0.39, 0.29) is 12.1 Å². The van der Waals surface area contributed by atoms with Crippen LogP contribution in [0.25, 0.3) is 5.57 Å². The number of benzene rings is 1. The third-order valence-electron chi connectivity index (χ3n) is 4.27. The van der Waals surface area contributed by atoms with Crippen molar-refractivity contribution in [3.05, 3.63) is 81.2 Å². The standard InChI is InChI=1S/C13H11ClN4OS.C8H10O/c1-7-10(12-15-4-5-20-12)11(18-13(19)17-7)8-2-3-9(14)16-6-8;1-7-3-5-8(9-2)6-4-7/h2-6,11H,1H3,(H2,17,18,19);3-6H,1-2H3. The number of ether oxygens (including phenoxy) is 1. The van der Waals surface area contributed by atoms with Gasteiger partial charge in [0.2, 0.25) is 0 Å². The number of methoxy groups -OCH3 is 1. The quantitative estimate of drug-likeness (QED) is 0.577. The summed E-state index contributed by atoms with van der Waals surface area (Å²) >= 11 is 7.34. The second-order valence-corrected chi connectivity index (χ2v) is 7.62. The van der Waals surface area contributed by atoms with E-state index in [2.05, 4.69) is 27.5 Å². The van der Waals surface area contributed by atoms with Gasteiger partial charge in [-0.1, -0.05) is 35.4 Å². The van der Waals surface area contributed by atoms with Gasteiger partial charge in [-0.2, -0.15) is 0 Å². The summed E-state index contributed by atoms with van der Waals surface area (Å²) in [5.41, 5.74) is 3.87. The van der Waals surface area contributed by atoms with Gasteiger partial charge in [0.25, 0.3) is 0 Å². The second-order valence-electron chi connectivity index (χ2n) is 6.34. The van der Waals surface area contributed by atoms with Gasteiger partial charge in [0, 0.05) is 29.0 Å². The van der Waals surface area contributed by atoms with E-state index in [1.807, 2.05) is 42.6 Å². The average Bonchev–Trinajstić information content (AvgIpc) is 3.23. The number of urea groups is 1. The number of nitrogens with zero attached hydrogens (tertiary/aromatic N) is 2. The van der Waals surface area contributed by atoms with Gasteiger partial charge in [-0.15, -0.1) is 11.3 Å². The van der Waals surface area contributed by atoms with Gasteiger partial charge in [-0.25, -0.2) is 14.8 Å². The van der Waals surface area contributed by atoms with E-state index in [4.69, 9.17) is 16.3 Å². The fourth-order valence-electron chi connectivity index (χ4n) is 2.82. The molecule has 6 nitrogen and oxygen atoms in total. The van der Waals surface area contributed by atoms with E-state index < -0.39 is 0 Å². The first-order valence-electron chi connectivity index (χ1n) is 8.88. The zero-order valence-electron chi connectivity index (χ0n) is 16.3. The fourth-order valence-corrected chi connectivity index (χ4v) is 3.70. The summed E-state index contributed by atoms with van der Waals surface area (Å²) in [5.74, 6) is 0.917. The number of halogens is 1. The minimum absolute atomic E-state index is 0.234. The SMILES string of the molecule is CC1=C(c2nccs2)C(c2ccc(Cl)nc2)NC(=O)N1.COc1ccc(C)cc1. The van der Waals surface area contributed by atoms with E-state index >= 15 is 0 Å². The Morgan fingerprint density at radius 1 is 1.10 bits per heavy atom. The minimum atomic E-state index is -0.278. The van der Waals surface area contributed by atoms with E-state index in [1.54, 1.807) is 25.6 Å². The van der Waals surface area contributed by atoms with Crippen molar-refractivity contribution in [2.45, 2.75) is 19.9 Å². The largest absolute Gasteiger partial charge is 0.497 e.